The Bertz CT molecular complexity index is 400. The van der Waals surface area contributed by atoms with Crippen molar-refractivity contribution in [2.24, 2.45) is 5.41 Å². The molecule has 4 nitrogen and oxygen atoms in total. The molecular formula is C13H22N4. The number of nitrogens with zero attached hydrogens (tertiary/aromatic N) is 2. The summed E-state index contributed by atoms with van der Waals surface area (Å²) in [4.78, 5) is 8.80. The highest BCUT2D eigenvalue weighted by atomic mass is 15.2. The van der Waals surface area contributed by atoms with Gasteiger partial charge in [-0.15, -0.1) is 0 Å². The lowest BCUT2D eigenvalue weighted by molar-refractivity contribution is 0.629. The Morgan fingerprint density at radius 1 is 1.47 bits per heavy atom. The van der Waals surface area contributed by atoms with Crippen LogP contribution >= 0.6 is 0 Å². The smallest absolute Gasteiger partial charge is 0.224 e. The molecule has 1 aromatic rings. The van der Waals surface area contributed by atoms with Crippen molar-refractivity contribution in [2.75, 3.05) is 17.2 Å². The van der Waals surface area contributed by atoms with Crippen LogP contribution in [0.2, 0.25) is 0 Å². The van der Waals surface area contributed by atoms with Crippen molar-refractivity contribution in [3.05, 3.63) is 11.8 Å². The fourth-order valence-corrected chi connectivity index (χ4v) is 1.79. The Hall–Kier alpha value is -1.32. The number of anilines is 2. The Morgan fingerprint density at radius 2 is 2.18 bits per heavy atom. The molecule has 1 saturated carbocycles. The zero-order chi connectivity index (χ0) is 12.5. The summed E-state index contributed by atoms with van der Waals surface area (Å²) in [6.07, 6.45) is 4.17. The summed E-state index contributed by atoms with van der Waals surface area (Å²) in [5.74, 6) is 1.69. The van der Waals surface area contributed by atoms with Crippen molar-refractivity contribution in [2.45, 2.75) is 46.6 Å². The molecular weight excluding hydrogens is 212 g/mol. The maximum atomic E-state index is 4.52. The van der Waals surface area contributed by atoms with E-state index in [-0.39, 0.29) is 0 Å². The van der Waals surface area contributed by atoms with E-state index in [1.165, 1.54) is 6.42 Å². The Labute approximate surface area is 103 Å². The van der Waals surface area contributed by atoms with Crippen molar-refractivity contribution in [1.29, 1.82) is 0 Å². The molecule has 1 fully saturated rings. The van der Waals surface area contributed by atoms with Gasteiger partial charge in [-0.3, -0.25) is 0 Å². The third-order valence-corrected chi connectivity index (χ3v) is 3.33. The van der Waals surface area contributed by atoms with Gasteiger partial charge in [0.05, 0.1) is 0 Å². The van der Waals surface area contributed by atoms with Crippen LogP contribution in [-0.2, 0) is 0 Å². The van der Waals surface area contributed by atoms with Crippen molar-refractivity contribution in [3.8, 4) is 0 Å². The summed E-state index contributed by atoms with van der Waals surface area (Å²) in [5.41, 5.74) is 1.52. The molecule has 1 heterocycles. The molecule has 0 aromatic carbocycles. The lowest BCUT2D eigenvalue weighted by atomic mass is 10.2. The number of nitrogens with one attached hydrogen (secondary N) is 2. The Kier molecular flexibility index (Phi) is 3.22. The summed E-state index contributed by atoms with van der Waals surface area (Å²) < 4.78 is 0. The summed E-state index contributed by atoms with van der Waals surface area (Å²) >= 11 is 0. The van der Waals surface area contributed by atoms with Gasteiger partial charge in [0.2, 0.25) is 5.95 Å². The molecule has 1 aromatic heterocycles. The van der Waals surface area contributed by atoms with Gasteiger partial charge in [0.15, 0.2) is 0 Å². The minimum Gasteiger partial charge on any atom is -0.366 e. The fourth-order valence-electron chi connectivity index (χ4n) is 1.79. The normalized spacial score (nSPS) is 21.1. The van der Waals surface area contributed by atoms with Crippen molar-refractivity contribution in [3.63, 3.8) is 0 Å². The monoisotopic (exact) mass is 234 g/mol. The van der Waals surface area contributed by atoms with Crippen LogP contribution in [0.1, 0.15) is 39.2 Å². The molecule has 0 aliphatic heterocycles. The van der Waals surface area contributed by atoms with Gasteiger partial charge >= 0.3 is 0 Å². The maximum absolute atomic E-state index is 4.52. The summed E-state index contributed by atoms with van der Waals surface area (Å²) in [5, 5.41) is 6.71. The molecule has 0 amide bonds. The number of rotatable bonds is 5. The zero-order valence-electron chi connectivity index (χ0n) is 11.2. The SMILES string of the molecule is CCCNc1ncc(C)c(NC2CC2(C)C)n1. The van der Waals surface area contributed by atoms with E-state index in [0.29, 0.717) is 11.5 Å². The van der Waals surface area contributed by atoms with Crippen molar-refractivity contribution < 1.29 is 0 Å². The average molecular weight is 234 g/mol. The second kappa shape index (κ2) is 4.51. The highest BCUT2D eigenvalue weighted by Crippen LogP contribution is 2.46. The van der Waals surface area contributed by atoms with E-state index in [9.17, 15) is 0 Å². The summed E-state index contributed by atoms with van der Waals surface area (Å²) in [6.45, 7) is 9.64. The molecule has 2 rings (SSSR count). The molecule has 1 unspecified atom stereocenters. The van der Waals surface area contributed by atoms with Crippen LogP contribution in [-0.4, -0.2) is 22.6 Å². The van der Waals surface area contributed by atoms with E-state index in [0.717, 1.165) is 30.3 Å². The summed E-state index contributed by atoms with van der Waals surface area (Å²) in [6, 6.07) is 0.551. The molecule has 1 aliphatic carbocycles. The molecule has 0 radical (unpaired) electrons. The van der Waals surface area contributed by atoms with Gasteiger partial charge in [-0.25, -0.2) is 4.98 Å². The molecule has 17 heavy (non-hydrogen) atoms. The summed E-state index contributed by atoms with van der Waals surface area (Å²) in [7, 11) is 0. The second-order valence-electron chi connectivity index (χ2n) is 5.54. The van der Waals surface area contributed by atoms with E-state index in [1.54, 1.807) is 0 Å². The van der Waals surface area contributed by atoms with E-state index in [2.05, 4.69) is 41.4 Å². The first-order chi connectivity index (χ1) is 8.03. The first kappa shape index (κ1) is 12.1. The minimum atomic E-state index is 0.411. The standard InChI is InChI=1S/C13H22N4/c1-5-6-14-12-15-8-9(2)11(17-12)16-10-7-13(10,3)4/h8,10H,5-7H2,1-4H3,(H2,14,15,16,17). The lowest BCUT2D eigenvalue weighted by Gasteiger charge is -2.11. The molecule has 1 aliphatic rings. The van der Waals surface area contributed by atoms with E-state index in [1.807, 2.05) is 13.1 Å². The highest BCUT2D eigenvalue weighted by molar-refractivity contribution is 5.48. The number of hydrogen-bond donors (Lipinski definition) is 2. The fraction of sp³-hybridized carbons (Fsp3) is 0.692. The van der Waals surface area contributed by atoms with Gasteiger partial charge < -0.3 is 10.6 Å². The molecule has 2 N–H and O–H groups in total. The maximum Gasteiger partial charge on any atom is 0.224 e. The van der Waals surface area contributed by atoms with Gasteiger partial charge in [-0.1, -0.05) is 20.8 Å². The third-order valence-electron chi connectivity index (χ3n) is 3.33. The van der Waals surface area contributed by atoms with Crippen molar-refractivity contribution >= 4 is 11.8 Å². The predicted octanol–water partition coefficient (Wildman–Crippen LogP) is 2.82. The number of hydrogen-bond acceptors (Lipinski definition) is 4. The van der Waals surface area contributed by atoms with Gasteiger partial charge in [0.1, 0.15) is 5.82 Å². The zero-order valence-corrected chi connectivity index (χ0v) is 11.2. The topological polar surface area (TPSA) is 49.8 Å². The van der Waals surface area contributed by atoms with Crippen LogP contribution in [0.25, 0.3) is 0 Å². The van der Waals surface area contributed by atoms with Gasteiger partial charge in [-0.05, 0) is 25.2 Å². The molecule has 94 valence electrons. The van der Waals surface area contributed by atoms with Gasteiger partial charge in [-0.2, -0.15) is 4.98 Å². The van der Waals surface area contributed by atoms with Crippen LogP contribution in [0.4, 0.5) is 11.8 Å². The van der Waals surface area contributed by atoms with Gasteiger partial charge in [0, 0.05) is 24.3 Å². The van der Waals surface area contributed by atoms with Crippen LogP contribution in [0.3, 0.4) is 0 Å². The van der Waals surface area contributed by atoms with Gasteiger partial charge in [0.25, 0.3) is 0 Å². The Morgan fingerprint density at radius 3 is 2.76 bits per heavy atom. The first-order valence-corrected chi connectivity index (χ1v) is 6.37. The Balaban J connectivity index is 2.05. The molecule has 0 saturated heterocycles. The largest absolute Gasteiger partial charge is 0.366 e. The minimum absolute atomic E-state index is 0.411. The first-order valence-electron chi connectivity index (χ1n) is 6.37. The van der Waals surface area contributed by atoms with Crippen LogP contribution in [0.15, 0.2) is 6.20 Å². The molecule has 0 bridgehead atoms. The molecule has 4 heteroatoms. The number of aryl methyl sites for hydroxylation is 1. The second-order valence-corrected chi connectivity index (χ2v) is 5.54. The molecule has 0 spiro atoms. The van der Waals surface area contributed by atoms with E-state index in [4.69, 9.17) is 0 Å². The quantitative estimate of drug-likeness (QED) is 0.822. The predicted molar refractivity (Wildman–Crippen MR) is 71.4 cm³/mol. The van der Waals surface area contributed by atoms with Crippen LogP contribution in [0, 0.1) is 12.3 Å². The highest BCUT2D eigenvalue weighted by Gasteiger charge is 2.46. The number of aromatic nitrogens is 2. The lowest BCUT2D eigenvalue weighted by Crippen LogP contribution is -2.13. The van der Waals surface area contributed by atoms with E-state index >= 15 is 0 Å². The average Bonchev–Trinajstić information content (AvgIpc) is 2.87. The van der Waals surface area contributed by atoms with Crippen LogP contribution in [0.5, 0.6) is 0 Å². The van der Waals surface area contributed by atoms with E-state index < -0.39 is 0 Å². The molecule has 1 atom stereocenters. The third kappa shape index (κ3) is 2.87. The van der Waals surface area contributed by atoms with Crippen LogP contribution < -0.4 is 10.6 Å². The van der Waals surface area contributed by atoms with Crippen molar-refractivity contribution in [1.82, 2.24) is 9.97 Å².